The number of hydrazine groups is 1. The van der Waals surface area contributed by atoms with Gasteiger partial charge >= 0.3 is 0 Å². The van der Waals surface area contributed by atoms with E-state index in [2.05, 4.69) is 10.9 Å². The molecular formula is C14H21N3O3S. The fourth-order valence-corrected chi connectivity index (χ4v) is 3.09. The van der Waals surface area contributed by atoms with Gasteiger partial charge in [-0.2, -0.15) is 0 Å². The van der Waals surface area contributed by atoms with Gasteiger partial charge in [-0.25, -0.2) is 0 Å². The summed E-state index contributed by atoms with van der Waals surface area (Å²) in [6.45, 7) is 1.06. The van der Waals surface area contributed by atoms with Gasteiger partial charge in [0.05, 0.1) is 18.0 Å². The third-order valence-electron chi connectivity index (χ3n) is 3.62. The number of amides is 2. The Morgan fingerprint density at radius 1 is 1.33 bits per heavy atom. The third kappa shape index (κ3) is 4.80. The number of aliphatic hydroxyl groups is 1. The lowest BCUT2D eigenvalue weighted by Gasteiger charge is -2.27. The number of nitrogens with one attached hydrogen (secondary N) is 2. The molecule has 2 heterocycles. The van der Waals surface area contributed by atoms with Crippen LogP contribution in [0, 0.1) is 0 Å². The lowest BCUT2D eigenvalue weighted by atomic mass is 10.1. The molecule has 21 heavy (non-hydrogen) atoms. The van der Waals surface area contributed by atoms with Gasteiger partial charge in [0.25, 0.3) is 11.8 Å². The Kier molecular flexibility index (Phi) is 6.16. The summed E-state index contributed by atoms with van der Waals surface area (Å²) in [5.74, 6) is -0.576. The average molecular weight is 311 g/mol. The second kappa shape index (κ2) is 8.11. The Morgan fingerprint density at radius 3 is 2.90 bits per heavy atom. The van der Waals surface area contributed by atoms with Crippen LogP contribution in [-0.4, -0.2) is 47.6 Å². The van der Waals surface area contributed by atoms with Gasteiger partial charge in [-0.05, 0) is 30.8 Å². The van der Waals surface area contributed by atoms with E-state index in [4.69, 9.17) is 0 Å². The molecule has 2 amide bonds. The second-order valence-electron chi connectivity index (χ2n) is 5.14. The number of likely N-dealkylation sites (tertiary alicyclic amines) is 1. The molecule has 1 aromatic rings. The topological polar surface area (TPSA) is 81.7 Å². The van der Waals surface area contributed by atoms with Gasteiger partial charge in [0.15, 0.2) is 0 Å². The van der Waals surface area contributed by atoms with Crippen molar-refractivity contribution in [3.8, 4) is 0 Å². The van der Waals surface area contributed by atoms with Gasteiger partial charge in [0.2, 0.25) is 0 Å². The highest BCUT2D eigenvalue weighted by molar-refractivity contribution is 7.12. The summed E-state index contributed by atoms with van der Waals surface area (Å²) in [6.07, 6.45) is 4.15. The molecule has 2 rings (SSSR count). The van der Waals surface area contributed by atoms with Crippen molar-refractivity contribution >= 4 is 23.2 Å². The molecule has 1 aliphatic heterocycles. The molecule has 1 aliphatic rings. The Bertz CT molecular complexity index is 464. The highest BCUT2D eigenvalue weighted by Crippen LogP contribution is 2.15. The fraction of sp³-hybridized carbons (Fsp3) is 0.571. The summed E-state index contributed by atoms with van der Waals surface area (Å²) >= 11 is 1.32. The molecule has 1 unspecified atom stereocenters. The van der Waals surface area contributed by atoms with Crippen LogP contribution in [0.1, 0.15) is 35.4 Å². The van der Waals surface area contributed by atoms with Crippen molar-refractivity contribution in [2.24, 2.45) is 0 Å². The summed E-state index contributed by atoms with van der Waals surface area (Å²) in [5.41, 5.74) is 4.83. The lowest BCUT2D eigenvalue weighted by molar-refractivity contribution is -0.123. The highest BCUT2D eigenvalue weighted by atomic mass is 32.1. The zero-order valence-corrected chi connectivity index (χ0v) is 12.7. The molecule has 0 bridgehead atoms. The number of rotatable bonds is 4. The first-order chi connectivity index (χ1) is 10.2. The molecule has 1 aromatic heterocycles. The van der Waals surface area contributed by atoms with E-state index in [-0.39, 0.29) is 31.0 Å². The van der Waals surface area contributed by atoms with Gasteiger partial charge < -0.3 is 5.11 Å². The summed E-state index contributed by atoms with van der Waals surface area (Å²) in [7, 11) is 0. The zero-order chi connectivity index (χ0) is 15.1. The van der Waals surface area contributed by atoms with Crippen molar-refractivity contribution in [3.63, 3.8) is 0 Å². The van der Waals surface area contributed by atoms with Crippen LogP contribution in [0.2, 0.25) is 0 Å². The van der Waals surface area contributed by atoms with Gasteiger partial charge in [0.1, 0.15) is 0 Å². The number of nitrogens with zero attached hydrogens (tertiary/aromatic N) is 1. The van der Waals surface area contributed by atoms with E-state index < -0.39 is 0 Å². The molecule has 1 saturated heterocycles. The van der Waals surface area contributed by atoms with Gasteiger partial charge in [-0.3, -0.25) is 25.3 Å². The van der Waals surface area contributed by atoms with E-state index in [1.165, 1.54) is 11.3 Å². The Labute approximate surface area is 128 Å². The average Bonchev–Trinajstić information content (AvgIpc) is 2.93. The predicted octanol–water partition coefficient (Wildman–Crippen LogP) is 0.746. The third-order valence-corrected chi connectivity index (χ3v) is 4.49. The number of hydrogen-bond donors (Lipinski definition) is 3. The van der Waals surface area contributed by atoms with Crippen LogP contribution in [0.3, 0.4) is 0 Å². The Morgan fingerprint density at radius 2 is 2.19 bits per heavy atom. The lowest BCUT2D eigenvalue weighted by Crippen LogP contribution is -2.49. The molecule has 0 radical (unpaired) electrons. The van der Waals surface area contributed by atoms with Crippen molar-refractivity contribution in [2.75, 3.05) is 19.7 Å². The highest BCUT2D eigenvalue weighted by Gasteiger charge is 2.22. The van der Waals surface area contributed by atoms with E-state index in [0.29, 0.717) is 4.88 Å². The van der Waals surface area contributed by atoms with Crippen LogP contribution in [0.15, 0.2) is 17.5 Å². The Hall–Kier alpha value is -1.44. The SMILES string of the molecule is O=C(CN1CCCCCC1CO)NNC(=O)c1cccs1. The zero-order valence-electron chi connectivity index (χ0n) is 11.9. The van der Waals surface area contributed by atoms with Crippen LogP contribution in [0.4, 0.5) is 0 Å². The molecule has 0 aromatic carbocycles. The summed E-state index contributed by atoms with van der Waals surface area (Å²) in [6, 6.07) is 3.51. The molecule has 116 valence electrons. The molecule has 0 spiro atoms. The maximum absolute atomic E-state index is 11.9. The first-order valence-corrected chi connectivity index (χ1v) is 8.06. The molecule has 0 saturated carbocycles. The van der Waals surface area contributed by atoms with Crippen molar-refractivity contribution in [1.82, 2.24) is 15.8 Å². The quantitative estimate of drug-likeness (QED) is 0.717. The molecule has 0 aliphatic carbocycles. The molecule has 7 heteroatoms. The van der Waals surface area contributed by atoms with E-state index in [9.17, 15) is 14.7 Å². The van der Waals surface area contributed by atoms with Gasteiger partial charge in [-0.1, -0.05) is 18.9 Å². The van der Waals surface area contributed by atoms with Gasteiger partial charge in [0, 0.05) is 6.04 Å². The van der Waals surface area contributed by atoms with Crippen LogP contribution in [0.25, 0.3) is 0 Å². The first kappa shape index (κ1) is 15.9. The molecule has 1 atom stereocenters. The normalized spacial score (nSPS) is 19.8. The second-order valence-corrected chi connectivity index (χ2v) is 6.08. The predicted molar refractivity (Wildman–Crippen MR) is 80.8 cm³/mol. The van der Waals surface area contributed by atoms with E-state index in [1.54, 1.807) is 17.5 Å². The first-order valence-electron chi connectivity index (χ1n) is 7.18. The largest absolute Gasteiger partial charge is 0.395 e. The molecule has 6 nitrogen and oxygen atoms in total. The van der Waals surface area contributed by atoms with Crippen molar-refractivity contribution in [3.05, 3.63) is 22.4 Å². The number of hydrogen-bond acceptors (Lipinski definition) is 5. The van der Waals surface area contributed by atoms with Gasteiger partial charge in [-0.15, -0.1) is 11.3 Å². The number of carbonyl (C=O) groups excluding carboxylic acids is 2. The smallest absolute Gasteiger partial charge is 0.279 e. The van der Waals surface area contributed by atoms with Crippen molar-refractivity contribution < 1.29 is 14.7 Å². The van der Waals surface area contributed by atoms with Crippen LogP contribution < -0.4 is 10.9 Å². The number of thiophene rings is 1. The maximum atomic E-state index is 11.9. The summed E-state index contributed by atoms with van der Waals surface area (Å²) < 4.78 is 0. The fourth-order valence-electron chi connectivity index (χ4n) is 2.47. The number of carbonyl (C=O) groups is 2. The van der Waals surface area contributed by atoms with Crippen LogP contribution >= 0.6 is 11.3 Å². The van der Waals surface area contributed by atoms with Crippen molar-refractivity contribution in [2.45, 2.75) is 31.7 Å². The van der Waals surface area contributed by atoms with E-state index in [1.807, 2.05) is 4.90 Å². The monoisotopic (exact) mass is 311 g/mol. The minimum atomic E-state index is -0.312. The standard InChI is InChI=1S/C14H21N3O3S/c18-10-11-5-2-1-3-7-17(11)9-13(19)15-16-14(20)12-6-4-8-21-12/h4,6,8,11,18H,1-3,5,7,9-10H2,(H,15,19)(H,16,20). The molecule has 3 N–H and O–H groups in total. The molecular weight excluding hydrogens is 290 g/mol. The van der Waals surface area contributed by atoms with Crippen molar-refractivity contribution in [1.29, 1.82) is 0 Å². The maximum Gasteiger partial charge on any atom is 0.279 e. The Balaban J connectivity index is 1.79. The molecule has 1 fully saturated rings. The summed E-state index contributed by atoms with van der Waals surface area (Å²) in [5, 5.41) is 11.2. The minimum absolute atomic E-state index is 0.0336. The van der Waals surface area contributed by atoms with Crippen LogP contribution in [-0.2, 0) is 4.79 Å². The van der Waals surface area contributed by atoms with E-state index in [0.717, 1.165) is 32.2 Å². The number of aliphatic hydroxyl groups excluding tert-OH is 1. The minimum Gasteiger partial charge on any atom is -0.395 e. The summed E-state index contributed by atoms with van der Waals surface area (Å²) in [4.78, 5) is 26.2. The van der Waals surface area contributed by atoms with E-state index >= 15 is 0 Å². The van der Waals surface area contributed by atoms with Crippen LogP contribution in [0.5, 0.6) is 0 Å².